The number of nitrogens with zero attached hydrogens (tertiary/aromatic N) is 2. The Hall–Kier alpha value is -2.88. The first-order chi connectivity index (χ1) is 13.4. The van der Waals surface area contributed by atoms with Gasteiger partial charge in [0.05, 0.1) is 0 Å². The van der Waals surface area contributed by atoms with Crippen LogP contribution < -0.4 is 14.8 Å². The molecule has 0 radical (unpaired) electrons. The molecule has 3 aromatic rings. The van der Waals surface area contributed by atoms with Crippen LogP contribution in [0.1, 0.15) is 5.56 Å². The summed E-state index contributed by atoms with van der Waals surface area (Å²) in [4.78, 5) is 0. The van der Waals surface area contributed by atoms with E-state index >= 15 is 4.39 Å². The normalized spacial score (nSPS) is 16.6. The first-order valence-electron chi connectivity index (χ1n) is 8.54. The summed E-state index contributed by atoms with van der Waals surface area (Å²) in [5.41, 5.74) is 6.79. The van der Waals surface area contributed by atoms with E-state index in [0.29, 0.717) is 11.1 Å². The minimum Gasteiger partial charge on any atom is -0.771 e. The van der Waals surface area contributed by atoms with E-state index in [1.165, 1.54) is 18.2 Å². The molecule has 0 unspecified atom stereocenters. The van der Waals surface area contributed by atoms with Crippen molar-refractivity contribution in [2.45, 2.75) is 6.61 Å². The Morgan fingerprint density at radius 1 is 1.11 bits per heavy atom. The molecule has 2 N–H and O–H groups in total. The minimum atomic E-state index is -4.36. The second-order valence-electron chi connectivity index (χ2n) is 6.40. The molecule has 1 aliphatic rings. The molecule has 1 saturated heterocycles. The van der Waals surface area contributed by atoms with Crippen LogP contribution in [0.2, 0.25) is 0 Å². The van der Waals surface area contributed by atoms with Gasteiger partial charge in [-0.05, 0) is 35.2 Å². The van der Waals surface area contributed by atoms with Gasteiger partial charge in [0.2, 0.25) is 0 Å². The highest BCUT2D eigenvalue weighted by molar-refractivity contribution is 7.90. The highest BCUT2D eigenvalue weighted by Gasteiger charge is 2.35. The van der Waals surface area contributed by atoms with Gasteiger partial charge >= 0.3 is 0 Å². The lowest BCUT2D eigenvalue weighted by Crippen LogP contribution is -2.31. The van der Waals surface area contributed by atoms with Gasteiger partial charge in [-0.1, -0.05) is 30.3 Å². The molecular weight excluding hydrogens is 385 g/mol. The SMILES string of the molecule is Nc1ccc2c(F)c(N3CCN([O-])S3(=O)=O)c(OCc3ccccc3)cc2c1. The van der Waals surface area contributed by atoms with Gasteiger partial charge in [0.1, 0.15) is 18.0 Å². The van der Waals surface area contributed by atoms with E-state index in [1.54, 1.807) is 6.07 Å². The van der Waals surface area contributed by atoms with Gasteiger partial charge in [-0.15, -0.1) is 0 Å². The maximum atomic E-state index is 15.4. The van der Waals surface area contributed by atoms with Crippen molar-refractivity contribution in [1.29, 1.82) is 0 Å². The third-order valence-electron chi connectivity index (χ3n) is 4.55. The standard InChI is InChI=1S/C19H17FN3O4S/c20-18-16-7-6-15(21)10-14(16)11-17(27-12-13-4-2-1-3-5-13)19(18)22-8-9-23(24)28(22,25)26/h1-7,10-11H,8-9,12,21H2/q-1. The van der Waals surface area contributed by atoms with Gasteiger partial charge in [0.25, 0.3) is 10.2 Å². The van der Waals surface area contributed by atoms with E-state index in [0.717, 1.165) is 9.87 Å². The monoisotopic (exact) mass is 402 g/mol. The van der Waals surface area contributed by atoms with Crippen LogP contribution in [0.15, 0.2) is 54.6 Å². The van der Waals surface area contributed by atoms with E-state index in [1.807, 2.05) is 30.3 Å². The van der Waals surface area contributed by atoms with Gasteiger partial charge in [-0.2, -0.15) is 8.42 Å². The minimum absolute atomic E-state index is 0.0262. The van der Waals surface area contributed by atoms with Crippen molar-refractivity contribution in [1.82, 2.24) is 4.47 Å². The Labute approximate surface area is 161 Å². The van der Waals surface area contributed by atoms with Crippen molar-refractivity contribution in [3.05, 3.63) is 71.2 Å². The summed E-state index contributed by atoms with van der Waals surface area (Å²) in [6.07, 6.45) is 0. The van der Waals surface area contributed by atoms with Crippen LogP contribution >= 0.6 is 0 Å². The van der Waals surface area contributed by atoms with Crippen LogP contribution in [-0.2, 0) is 16.8 Å². The number of nitrogen functional groups attached to an aromatic ring is 1. The lowest BCUT2D eigenvalue weighted by Gasteiger charge is -2.25. The molecule has 0 spiro atoms. The zero-order valence-corrected chi connectivity index (χ0v) is 15.5. The molecule has 1 fully saturated rings. The van der Waals surface area contributed by atoms with Crippen molar-refractivity contribution in [3.8, 4) is 5.75 Å². The van der Waals surface area contributed by atoms with Crippen molar-refractivity contribution in [2.75, 3.05) is 23.1 Å². The molecule has 0 saturated carbocycles. The second kappa shape index (κ2) is 6.93. The fraction of sp³-hybridized carbons (Fsp3) is 0.158. The lowest BCUT2D eigenvalue weighted by atomic mass is 10.1. The number of rotatable bonds is 4. The molecule has 0 aliphatic carbocycles. The van der Waals surface area contributed by atoms with Gasteiger partial charge < -0.3 is 15.7 Å². The highest BCUT2D eigenvalue weighted by atomic mass is 32.2. The van der Waals surface area contributed by atoms with Crippen molar-refractivity contribution in [3.63, 3.8) is 0 Å². The van der Waals surface area contributed by atoms with Crippen LogP contribution in [0.3, 0.4) is 0 Å². The van der Waals surface area contributed by atoms with Crippen LogP contribution in [-0.4, -0.2) is 26.0 Å². The van der Waals surface area contributed by atoms with Crippen LogP contribution in [0.25, 0.3) is 10.8 Å². The molecule has 0 bridgehead atoms. The lowest BCUT2D eigenvalue weighted by molar-refractivity contribution is 0.306. The number of hydrogen-bond donors (Lipinski definition) is 1. The van der Waals surface area contributed by atoms with Gasteiger partial charge in [-0.25, -0.2) is 4.39 Å². The summed E-state index contributed by atoms with van der Waals surface area (Å²) in [5, 5.41) is 12.4. The zero-order valence-electron chi connectivity index (χ0n) is 14.7. The van der Waals surface area contributed by atoms with Crippen LogP contribution in [0.5, 0.6) is 5.75 Å². The molecule has 3 aromatic carbocycles. The third-order valence-corrected chi connectivity index (χ3v) is 6.17. The molecule has 28 heavy (non-hydrogen) atoms. The predicted molar refractivity (Wildman–Crippen MR) is 105 cm³/mol. The predicted octanol–water partition coefficient (Wildman–Crippen LogP) is 3.00. The Morgan fingerprint density at radius 3 is 2.54 bits per heavy atom. The number of benzene rings is 3. The largest absolute Gasteiger partial charge is 0.771 e. The third kappa shape index (κ3) is 3.13. The number of hydrogen-bond acceptors (Lipinski definition) is 5. The Balaban J connectivity index is 1.85. The Kier molecular flexibility index (Phi) is 4.58. The average molecular weight is 402 g/mol. The highest BCUT2D eigenvalue weighted by Crippen LogP contribution is 2.41. The second-order valence-corrected chi connectivity index (χ2v) is 8.14. The summed E-state index contributed by atoms with van der Waals surface area (Å²) in [6, 6.07) is 15.3. The maximum Gasteiger partial charge on any atom is 0.293 e. The summed E-state index contributed by atoms with van der Waals surface area (Å²) in [7, 11) is -4.36. The van der Waals surface area contributed by atoms with Gasteiger partial charge in [0.15, 0.2) is 5.82 Å². The Morgan fingerprint density at radius 2 is 1.86 bits per heavy atom. The molecule has 0 aromatic heterocycles. The topological polar surface area (TPSA) is 98.9 Å². The molecule has 9 heteroatoms. The molecule has 7 nitrogen and oxygen atoms in total. The van der Waals surface area contributed by atoms with Gasteiger partial charge in [-0.3, -0.25) is 8.77 Å². The molecular formula is C19H17FN3O4S-. The zero-order chi connectivity index (χ0) is 19.9. The van der Waals surface area contributed by atoms with E-state index in [-0.39, 0.29) is 41.0 Å². The van der Waals surface area contributed by atoms with E-state index in [9.17, 15) is 13.6 Å². The van der Waals surface area contributed by atoms with Crippen LogP contribution in [0.4, 0.5) is 15.8 Å². The van der Waals surface area contributed by atoms with E-state index < -0.39 is 16.0 Å². The molecule has 0 amide bonds. The first-order valence-corrected chi connectivity index (χ1v) is 9.93. The number of hydroxylamine groups is 1. The first kappa shape index (κ1) is 18.5. The molecule has 4 rings (SSSR count). The number of anilines is 2. The fourth-order valence-corrected chi connectivity index (χ4v) is 4.41. The number of fused-ring (bicyclic) bond motifs is 1. The van der Waals surface area contributed by atoms with Crippen LogP contribution in [0, 0.1) is 11.0 Å². The van der Waals surface area contributed by atoms with Crippen molar-refractivity contribution < 1.29 is 17.5 Å². The van der Waals surface area contributed by atoms with Crippen molar-refractivity contribution in [2.24, 2.45) is 0 Å². The number of halogens is 1. The molecule has 146 valence electrons. The van der Waals surface area contributed by atoms with Gasteiger partial charge in [0, 0.05) is 24.2 Å². The molecule has 0 atom stereocenters. The summed E-state index contributed by atoms with van der Waals surface area (Å²) < 4.78 is 46.6. The maximum absolute atomic E-state index is 15.4. The van der Waals surface area contributed by atoms with Crippen molar-refractivity contribution >= 4 is 32.4 Å². The Bertz CT molecular complexity index is 1140. The smallest absolute Gasteiger partial charge is 0.293 e. The molecule has 1 heterocycles. The average Bonchev–Trinajstić information content (AvgIpc) is 2.93. The number of ether oxygens (including phenoxy) is 1. The fourth-order valence-electron chi connectivity index (χ4n) is 3.16. The summed E-state index contributed by atoms with van der Waals surface area (Å²) in [5.74, 6) is -0.752. The summed E-state index contributed by atoms with van der Waals surface area (Å²) >= 11 is 0. The van der Waals surface area contributed by atoms with E-state index in [4.69, 9.17) is 10.5 Å². The summed E-state index contributed by atoms with van der Waals surface area (Å²) in [6.45, 7) is -0.333. The van der Waals surface area contributed by atoms with E-state index in [2.05, 4.69) is 0 Å². The number of nitrogens with two attached hydrogens (primary N) is 1. The molecule has 1 aliphatic heterocycles. The quantitative estimate of drug-likeness (QED) is 0.677.